The standard InChI is InChI=1S/C21H23N3O4/c25-19(14-1-2-14)22-17-5-3-15(4-6-17)20(26)23-18-7-10-24(11-8-18)21(27)16-9-12-28-13-16/h3-6,9,12-14,18H,1-2,7-8,10-11H2,(H,22,25)(H,23,26). The smallest absolute Gasteiger partial charge is 0.257 e. The van der Waals surface area contributed by atoms with Crippen LogP contribution in [0.5, 0.6) is 0 Å². The lowest BCUT2D eigenvalue weighted by atomic mass is 10.0. The zero-order valence-electron chi connectivity index (χ0n) is 15.5. The molecule has 4 rings (SSSR count). The largest absolute Gasteiger partial charge is 0.472 e. The van der Waals surface area contributed by atoms with Crippen molar-refractivity contribution in [2.75, 3.05) is 18.4 Å². The van der Waals surface area contributed by atoms with Gasteiger partial charge in [0.05, 0.1) is 11.8 Å². The molecule has 2 heterocycles. The van der Waals surface area contributed by atoms with Gasteiger partial charge < -0.3 is 20.0 Å². The number of amides is 3. The monoisotopic (exact) mass is 381 g/mol. The highest BCUT2D eigenvalue weighted by Crippen LogP contribution is 2.30. The predicted molar refractivity (Wildman–Crippen MR) is 103 cm³/mol. The number of carbonyl (C=O) groups excluding carboxylic acids is 3. The molecule has 1 saturated heterocycles. The summed E-state index contributed by atoms with van der Waals surface area (Å²) in [6.45, 7) is 1.20. The molecule has 1 saturated carbocycles. The molecule has 1 aliphatic heterocycles. The number of piperidine rings is 1. The van der Waals surface area contributed by atoms with Gasteiger partial charge in [0.25, 0.3) is 11.8 Å². The number of rotatable bonds is 5. The zero-order valence-corrected chi connectivity index (χ0v) is 15.5. The summed E-state index contributed by atoms with van der Waals surface area (Å²) in [6, 6.07) is 8.63. The van der Waals surface area contributed by atoms with Crippen molar-refractivity contribution in [3.05, 3.63) is 54.0 Å². The average Bonchev–Trinajstić information content (AvgIpc) is 3.43. The Morgan fingerprint density at radius 2 is 1.64 bits per heavy atom. The Morgan fingerprint density at radius 3 is 2.25 bits per heavy atom. The second-order valence-electron chi connectivity index (χ2n) is 7.39. The van der Waals surface area contributed by atoms with Crippen molar-refractivity contribution in [1.82, 2.24) is 10.2 Å². The molecule has 0 unspecified atom stereocenters. The predicted octanol–water partition coefficient (Wildman–Crippen LogP) is 2.66. The van der Waals surface area contributed by atoms with Crippen molar-refractivity contribution in [1.29, 1.82) is 0 Å². The number of carbonyl (C=O) groups is 3. The van der Waals surface area contributed by atoms with Gasteiger partial charge in [0.15, 0.2) is 0 Å². The number of hydrogen-bond donors (Lipinski definition) is 2. The van der Waals surface area contributed by atoms with Crippen LogP contribution in [0.3, 0.4) is 0 Å². The second-order valence-corrected chi connectivity index (χ2v) is 7.39. The third-order valence-electron chi connectivity index (χ3n) is 5.25. The second kappa shape index (κ2) is 7.88. The van der Waals surface area contributed by atoms with Crippen molar-refractivity contribution < 1.29 is 18.8 Å². The van der Waals surface area contributed by atoms with E-state index in [4.69, 9.17) is 4.42 Å². The molecule has 1 aromatic carbocycles. The molecule has 0 atom stereocenters. The summed E-state index contributed by atoms with van der Waals surface area (Å²) in [6.07, 6.45) is 6.28. The van der Waals surface area contributed by atoms with E-state index < -0.39 is 0 Å². The fraction of sp³-hybridized carbons (Fsp3) is 0.381. The van der Waals surface area contributed by atoms with E-state index in [0.29, 0.717) is 42.7 Å². The maximum atomic E-state index is 12.5. The van der Waals surface area contributed by atoms with E-state index >= 15 is 0 Å². The zero-order chi connectivity index (χ0) is 19.5. The summed E-state index contributed by atoms with van der Waals surface area (Å²) >= 11 is 0. The third kappa shape index (κ3) is 4.24. The van der Waals surface area contributed by atoms with E-state index in [1.54, 1.807) is 35.2 Å². The van der Waals surface area contributed by atoms with Gasteiger partial charge in [-0.25, -0.2) is 0 Å². The number of likely N-dealkylation sites (tertiary alicyclic amines) is 1. The first kappa shape index (κ1) is 18.3. The highest BCUT2D eigenvalue weighted by atomic mass is 16.3. The molecule has 146 valence electrons. The molecule has 1 aromatic heterocycles. The van der Waals surface area contributed by atoms with E-state index in [2.05, 4.69) is 10.6 Å². The number of hydrogen-bond acceptors (Lipinski definition) is 4. The summed E-state index contributed by atoms with van der Waals surface area (Å²) in [5.74, 6) is 0.0187. The first-order valence-electron chi connectivity index (χ1n) is 9.63. The normalized spacial score (nSPS) is 17.2. The molecule has 0 spiro atoms. The van der Waals surface area contributed by atoms with Gasteiger partial charge in [-0.1, -0.05) is 0 Å². The summed E-state index contributed by atoms with van der Waals surface area (Å²) in [5.41, 5.74) is 1.82. The van der Waals surface area contributed by atoms with Crippen molar-refractivity contribution in [2.45, 2.75) is 31.7 Å². The van der Waals surface area contributed by atoms with Crippen LogP contribution in [0.1, 0.15) is 46.4 Å². The Balaban J connectivity index is 1.26. The number of furan rings is 1. The van der Waals surface area contributed by atoms with Crippen molar-refractivity contribution >= 4 is 23.4 Å². The van der Waals surface area contributed by atoms with E-state index in [0.717, 1.165) is 12.8 Å². The minimum atomic E-state index is -0.139. The number of benzene rings is 1. The molecule has 2 aromatic rings. The molecular formula is C21H23N3O4. The van der Waals surface area contributed by atoms with Crippen LogP contribution in [0.2, 0.25) is 0 Å². The van der Waals surface area contributed by atoms with Gasteiger partial charge in [-0.2, -0.15) is 0 Å². The molecule has 2 fully saturated rings. The highest BCUT2D eigenvalue weighted by Gasteiger charge is 2.29. The van der Waals surface area contributed by atoms with Crippen LogP contribution in [-0.4, -0.2) is 41.8 Å². The van der Waals surface area contributed by atoms with Crippen LogP contribution in [0.25, 0.3) is 0 Å². The molecular weight excluding hydrogens is 358 g/mol. The average molecular weight is 381 g/mol. The minimum Gasteiger partial charge on any atom is -0.472 e. The van der Waals surface area contributed by atoms with E-state index in [1.807, 2.05) is 0 Å². The van der Waals surface area contributed by atoms with Gasteiger partial charge in [-0.05, 0) is 56.0 Å². The lowest BCUT2D eigenvalue weighted by Gasteiger charge is -2.32. The fourth-order valence-corrected chi connectivity index (χ4v) is 3.36. The molecule has 1 aliphatic carbocycles. The van der Waals surface area contributed by atoms with E-state index in [9.17, 15) is 14.4 Å². The molecule has 3 amide bonds. The van der Waals surface area contributed by atoms with Crippen LogP contribution in [-0.2, 0) is 4.79 Å². The maximum Gasteiger partial charge on any atom is 0.257 e. The summed E-state index contributed by atoms with van der Waals surface area (Å²) in [5, 5.41) is 5.90. The lowest BCUT2D eigenvalue weighted by Crippen LogP contribution is -2.46. The van der Waals surface area contributed by atoms with Gasteiger partial charge in [-0.3, -0.25) is 14.4 Å². The first-order valence-corrected chi connectivity index (χ1v) is 9.63. The van der Waals surface area contributed by atoms with Crippen LogP contribution < -0.4 is 10.6 Å². The van der Waals surface area contributed by atoms with Gasteiger partial charge in [-0.15, -0.1) is 0 Å². The van der Waals surface area contributed by atoms with E-state index in [-0.39, 0.29) is 29.7 Å². The molecule has 7 heteroatoms. The molecule has 28 heavy (non-hydrogen) atoms. The minimum absolute atomic E-state index is 0.0372. The summed E-state index contributed by atoms with van der Waals surface area (Å²) < 4.78 is 4.97. The Morgan fingerprint density at radius 1 is 0.929 bits per heavy atom. The Kier molecular flexibility index (Phi) is 5.14. The molecule has 2 N–H and O–H groups in total. The third-order valence-corrected chi connectivity index (χ3v) is 5.25. The number of anilines is 1. The Labute approximate surface area is 163 Å². The quantitative estimate of drug-likeness (QED) is 0.833. The SMILES string of the molecule is O=C(NC1CCN(C(=O)c2ccoc2)CC1)c1ccc(NC(=O)C2CC2)cc1. The number of nitrogens with one attached hydrogen (secondary N) is 2. The Hall–Kier alpha value is -3.09. The highest BCUT2D eigenvalue weighted by molar-refractivity contribution is 5.97. The maximum absolute atomic E-state index is 12.5. The van der Waals surface area contributed by atoms with Crippen molar-refractivity contribution in [3.63, 3.8) is 0 Å². The number of nitrogens with zero attached hydrogens (tertiary/aromatic N) is 1. The van der Waals surface area contributed by atoms with Gasteiger partial charge in [0.1, 0.15) is 6.26 Å². The topological polar surface area (TPSA) is 91.7 Å². The molecule has 0 bridgehead atoms. The van der Waals surface area contributed by atoms with Crippen LogP contribution in [0, 0.1) is 5.92 Å². The van der Waals surface area contributed by atoms with Crippen LogP contribution in [0.15, 0.2) is 47.3 Å². The lowest BCUT2D eigenvalue weighted by molar-refractivity contribution is -0.117. The van der Waals surface area contributed by atoms with Crippen molar-refractivity contribution in [3.8, 4) is 0 Å². The fourth-order valence-electron chi connectivity index (χ4n) is 3.36. The molecule has 2 aliphatic rings. The molecule has 7 nitrogen and oxygen atoms in total. The van der Waals surface area contributed by atoms with Crippen LogP contribution >= 0.6 is 0 Å². The molecule has 0 radical (unpaired) electrons. The van der Waals surface area contributed by atoms with Gasteiger partial charge in [0, 0.05) is 36.3 Å². The van der Waals surface area contributed by atoms with Gasteiger partial charge >= 0.3 is 0 Å². The van der Waals surface area contributed by atoms with Gasteiger partial charge in [0.2, 0.25) is 5.91 Å². The first-order chi connectivity index (χ1) is 13.6. The Bertz CT molecular complexity index is 848. The van der Waals surface area contributed by atoms with E-state index in [1.165, 1.54) is 12.5 Å². The van der Waals surface area contributed by atoms with Crippen molar-refractivity contribution in [2.24, 2.45) is 5.92 Å². The van der Waals surface area contributed by atoms with Crippen LogP contribution in [0.4, 0.5) is 5.69 Å². The summed E-state index contributed by atoms with van der Waals surface area (Å²) in [7, 11) is 0. The summed E-state index contributed by atoms with van der Waals surface area (Å²) in [4.78, 5) is 38.4.